The molecule has 0 amide bonds. The van der Waals surface area contributed by atoms with E-state index in [1.807, 2.05) is 122 Å². The van der Waals surface area contributed by atoms with Gasteiger partial charge in [0.1, 0.15) is 0 Å². The summed E-state index contributed by atoms with van der Waals surface area (Å²) in [7, 11) is 0. The van der Waals surface area contributed by atoms with Crippen LogP contribution in [-0.4, -0.2) is 57.6 Å². The Hall–Kier alpha value is -7.98. The van der Waals surface area contributed by atoms with Crippen LogP contribution >= 0.6 is 50.7 Å². The first-order valence-corrected chi connectivity index (χ1v) is 29.6. The number of halogens is 4. The molecule has 0 atom stereocenters. The van der Waals surface area contributed by atoms with Gasteiger partial charge in [0.15, 0.2) is 17.1 Å². The van der Waals surface area contributed by atoms with Gasteiger partial charge >= 0.3 is 5.97 Å². The highest BCUT2D eigenvalue weighted by Gasteiger charge is 2.00. The largest absolute Gasteiger partial charge is 0.481 e. The average Bonchev–Trinajstić information content (AvgIpc) is 3.60. The number of nitrogens with two attached hydrogens (primary N) is 3. The van der Waals surface area contributed by atoms with E-state index < -0.39 is 5.97 Å². The zero-order chi connectivity index (χ0) is 63.3. The predicted octanol–water partition coefficient (Wildman–Crippen LogP) is 16.7. The fourth-order valence-corrected chi connectivity index (χ4v) is 7.89. The number of aryl methyl sites for hydroxylation is 5. The second-order valence-corrected chi connectivity index (χ2v) is 19.9. The minimum Gasteiger partial charge on any atom is -0.481 e. The number of carboxylic acid groups (broad SMARTS) is 1. The summed E-state index contributed by atoms with van der Waals surface area (Å²) in [5.41, 5.74) is 35.0. The maximum absolute atomic E-state index is 10.2. The van der Waals surface area contributed by atoms with Crippen molar-refractivity contribution in [2.75, 3.05) is 26.3 Å². The van der Waals surface area contributed by atoms with E-state index in [4.69, 9.17) is 92.6 Å². The third kappa shape index (κ3) is 40.3. The summed E-state index contributed by atoms with van der Waals surface area (Å²) in [5, 5.41) is 31.9. The van der Waals surface area contributed by atoms with Crippen LogP contribution in [0.15, 0.2) is 200 Å². The minimum atomic E-state index is -0.782. The molecule has 0 unspecified atom stereocenters. The van der Waals surface area contributed by atoms with Crippen LogP contribution in [0.2, 0.25) is 15.1 Å². The lowest BCUT2D eigenvalue weighted by atomic mass is 10.1. The van der Waals surface area contributed by atoms with Crippen LogP contribution in [0.3, 0.4) is 0 Å². The molecule has 2 heterocycles. The molecule has 0 aliphatic rings. The summed E-state index contributed by atoms with van der Waals surface area (Å²) in [6.45, 7) is 23.0. The van der Waals surface area contributed by atoms with Gasteiger partial charge in [-0.1, -0.05) is 183 Å². The van der Waals surface area contributed by atoms with Gasteiger partial charge in [0.25, 0.3) is 0 Å². The molecule has 0 spiro atoms. The van der Waals surface area contributed by atoms with E-state index in [9.17, 15) is 4.79 Å². The summed E-state index contributed by atoms with van der Waals surface area (Å²) in [6, 6.07) is 52.7. The molecular weight excluding hydrogens is 1210 g/mol. The molecule has 0 fully saturated rings. The first-order chi connectivity index (χ1) is 41.8. The van der Waals surface area contributed by atoms with Crippen molar-refractivity contribution in [1.29, 1.82) is 0 Å². The van der Waals surface area contributed by atoms with Crippen LogP contribution in [0.1, 0.15) is 76.6 Å². The van der Waals surface area contributed by atoms with E-state index in [0.717, 1.165) is 102 Å². The first-order valence-electron chi connectivity index (χ1n) is 27.3. The fourth-order valence-electron chi connectivity index (χ4n) is 6.90. The third-order valence-corrected chi connectivity index (χ3v) is 12.5. The molecule has 0 aliphatic carbocycles. The smallest absolute Gasteiger partial charge is 0.303 e. The zero-order valence-corrected chi connectivity index (χ0v) is 51.9. The number of carboxylic acids is 1. The molecule has 8 aromatic rings. The number of carbonyl (C=O) groups is 1. The van der Waals surface area contributed by atoms with Gasteiger partial charge < -0.3 is 32.5 Å². The van der Waals surface area contributed by atoms with Crippen LogP contribution in [0.4, 0.5) is 17.1 Å². The molecule has 9 N–H and O–H groups in total. The number of hydrogen-bond acceptors (Lipinski definition) is 9. The maximum atomic E-state index is 10.2. The van der Waals surface area contributed by atoms with E-state index >= 15 is 0 Å². The first kappa shape index (κ1) is 76.0. The summed E-state index contributed by atoms with van der Waals surface area (Å²) < 4.78 is 0. The second-order valence-electron chi connectivity index (χ2n) is 18.0. The molecule has 450 valence electrons. The molecule has 0 saturated carbocycles. The number of aliphatic carboxylic acids is 1. The van der Waals surface area contributed by atoms with Crippen molar-refractivity contribution < 1.29 is 20.1 Å². The number of aliphatic hydroxyl groups excluding tert-OH is 2. The van der Waals surface area contributed by atoms with Crippen molar-refractivity contribution in [1.82, 2.24) is 9.97 Å². The Morgan fingerprint density at radius 1 is 0.500 bits per heavy atom. The number of aliphatic hydroxyl groups is 2. The van der Waals surface area contributed by atoms with Gasteiger partial charge in [-0.05, 0) is 164 Å². The molecule has 19 heteroatoms. The molecule has 0 saturated heterocycles. The number of rotatable bonds is 19. The van der Waals surface area contributed by atoms with Gasteiger partial charge in [0, 0.05) is 82.8 Å². The molecule has 8 rings (SSSR count). The Labute approximate surface area is 530 Å². The summed E-state index contributed by atoms with van der Waals surface area (Å²) in [4.78, 5) is 30.6. The van der Waals surface area contributed by atoms with Gasteiger partial charge in [0.05, 0.1) is 19.7 Å². The van der Waals surface area contributed by atoms with Gasteiger partial charge in [-0.2, -0.15) is 0 Å². The maximum Gasteiger partial charge on any atom is 0.303 e. The van der Waals surface area contributed by atoms with Crippen molar-refractivity contribution in [3.8, 4) is 0 Å². The Morgan fingerprint density at radius 2 is 0.860 bits per heavy atom. The lowest BCUT2D eigenvalue weighted by Gasteiger charge is -1.98. The lowest BCUT2D eigenvalue weighted by Crippen LogP contribution is -2.00. The van der Waals surface area contributed by atoms with Crippen LogP contribution in [0.5, 0.6) is 0 Å². The number of pyridine rings is 2. The van der Waals surface area contributed by atoms with Gasteiger partial charge in [-0.25, -0.2) is 14.5 Å². The van der Waals surface area contributed by atoms with Crippen LogP contribution < -0.4 is 17.2 Å². The van der Waals surface area contributed by atoms with Crippen LogP contribution in [0.25, 0.3) is 25.0 Å². The quantitative estimate of drug-likeness (QED) is 0.0148. The SMILES string of the molecule is NCCCc1cccc(Cl)c1.NCCCc1cccnc1.O=C(O)CCc1cccc(Cl)c1.OCCCc1cccc(Cl)c1.OCCCc1cccnc1.[C-]#[N+]c1cccc(CBr)c1.[C-]#[N+]c1cccc(CN)c1.[C-]#[N+]c1cccc(CN=[N+]=[N-])c1. The Bertz CT molecular complexity index is 3120. The van der Waals surface area contributed by atoms with Crippen LogP contribution in [0, 0.1) is 19.7 Å². The lowest BCUT2D eigenvalue weighted by molar-refractivity contribution is -0.136. The van der Waals surface area contributed by atoms with Gasteiger partial charge in [-0.3, -0.25) is 14.8 Å². The molecule has 6 aromatic carbocycles. The van der Waals surface area contributed by atoms with E-state index in [2.05, 4.69) is 62.6 Å². The highest BCUT2D eigenvalue weighted by molar-refractivity contribution is 9.08. The molecule has 0 radical (unpaired) electrons. The van der Waals surface area contributed by atoms with Crippen molar-refractivity contribution >= 4 is 73.8 Å². The van der Waals surface area contributed by atoms with Crippen molar-refractivity contribution in [2.24, 2.45) is 22.3 Å². The third-order valence-electron chi connectivity index (χ3n) is 11.2. The minimum absolute atomic E-state index is 0.153. The van der Waals surface area contributed by atoms with Gasteiger partial charge in [-0.15, -0.1) is 0 Å². The van der Waals surface area contributed by atoms with Crippen molar-refractivity contribution in [3.63, 3.8) is 0 Å². The van der Waals surface area contributed by atoms with Crippen molar-refractivity contribution in [3.05, 3.63) is 299 Å². The summed E-state index contributed by atoms with van der Waals surface area (Å²) >= 11 is 20.6. The number of benzene rings is 6. The van der Waals surface area contributed by atoms with Gasteiger partial charge in [0.2, 0.25) is 0 Å². The number of hydrogen-bond donors (Lipinski definition) is 6. The number of alkyl halides is 1. The van der Waals surface area contributed by atoms with E-state index in [1.165, 1.54) is 22.3 Å². The van der Waals surface area contributed by atoms with E-state index in [0.29, 0.717) is 41.6 Å². The Balaban J connectivity index is 0.000000492. The topological polar surface area (TPSA) is 243 Å². The molecule has 86 heavy (non-hydrogen) atoms. The Kier molecular flexibility index (Phi) is 45.5. The highest BCUT2D eigenvalue weighted by Crippen LogP contribution is 2.18. The average molecular weight is 1280 g/mol. The normalized spacial score (nSPS) is 9.37. The summed E-state index contributed by atoms with van der Waals surface area (Å²) in [6.07, 6.45) is 15.5. The molecule has 2 aromatic heterocycles. The van der Waals surface area contributed by atoms with E-state index in [1.54, 1.807) is 60.9 Å². The molecular formula is C67H75BrCl3N11O4. The van der Waals surface area contributed by atoms with E-state index in [-0.39, 0.29) is 19.6 Å². The van der Waals surface area contributed by atoms with Crippen molar-refractivity contribution in [2.45, 2.75) is 82.6 Å². The molecule has 0 bridgehead atoms. The monoisotopic (exact) mass is 1280 g/mol. The highest BCUT2D eigenvalue weighted by atomic mass is 79.9. The van der Waals surface area contributed by atoms with Crippen LogP contribution in [-0.2, 0) is 55.3 Å². The zero-order valence-electron chi connectivity index (χ0n) is 48.1. The Morgan fingerprint density at radius 3 is 1.23 bits per heavy atom. The predicted molar refractivity (Wildman–Crippen MR) is 356 cm³/mol. The fraction of sp³-hybridized carbons (Fsp3) is 0.254. The number of nitrogens with zero attached hydrogens (tertiary/aromatic N) is 8. The number of aromatic nitrogens is 2. The molecule has 15 nitrogen and oxygen atoms in total. The summed E-state index contributed by atoms with van der Waals surface area (Å²) in [5.74, 6) is -0.782. The second kappa shape index (κ2) is 51.4. The molecule has 0 aliphatic heterocycles. The standard InChI is InChI=1S/C9H12ClN.C9H9ClO2.C9H11ClO.C8H6BrN.C8H6N4.C8H8N2.C8H12N2.C8H11NO/c10-9-5-1-3-8(7-9)4-2-6-11;10-8-3-1-2-7(6-8)4-5-9(11)12;10-9-5-1-3-8(7-9)4-2-6-11;1-10-8-4-2-3-7(5-8)6-9;1-10-8-4-2-3-7(5-8)6-11-12-9;1-10-8-4-2-3-7(5-8)6-9;9-5-1-3-8-4-2-6-10-7-8;10-6-2-4-8-3-1-5-9-7-8/h1,3,5,7H,2,4,6,11H2;1-3,6H,4-5H2,(H,11,12);1,3,5,7,11H,2,4,6H2;2-5H,6H2;2-5H,6H2;2-5H,6,9H2;2,4,6-7H,1,3,5,9H2;1,3,5,7,10H,2,4,6H2. The number of azide groups is 1.